The van der Waals surface area contributed by atoms with Gasteiger partial charge in [-0.2, -0.15) is 0 Å². The zero-order chi connectivity index (χ0) is 39.3. The van der Waals surface area contributed by atoms with E-state index in [2.05, 4.69) is 64.6 Å². The van der Waals surface area contributed by atoms with E-state index < -0.39 is 5.60 Å². The number of ketones is 1. The number of aromatic amines is 2. The van der Waals surface area contributed by atoms with Crippen LogP contribution in [-0.2, 0) is 31.9 Å². The molecule has 2 N–H and O–H groups in total. The number of H-pyrrole nitrogens is 2. The Bertz CT molecular complexity index is 2300. The lowest BCUT2D eigenvalue weighted by Crippen LogP contribution is -2.36. The summed E-state index contributed by atoms with van der Waals surface area (Å²) >= 11 is 0. The number of likely N-dealkylation sites (tertiary alicyclic amines) is 1. The lowest BCUT2D eigenvalue weighted by Gasteiger charge is -2.27. The van der Waals surface area contributed by atoms with E-state index in [4.69, 9.17) is 19.4 Å². The molecule has 1 saturated heterocycles. The number of fused-ring (bicyclic) bond motifs is 4. The van der Waals surface area contributed by atoms with Crippen LogP contribution in [0.25, 0.3) is 44.4 Å². The lowest BCUT2D eigenvalue weighted by molar-refractivity contribution is -0.145. The molecule has 2 fully saturated rings. The van der Waals surface area contributed by atoms with E-state index in [1.54, 1.807) is 0 Å². The van der Waals surface area contributed by atoms with Crippen LogP contribution >= 0.6 is 0 Å². The van der Waals surface area contributed by atoms with Crippen LogP contribution in [0.4, 0.5) is 4.79 Å². The van der Waals surface area contributed by atoms with Crippen LogP contribution in [0.1, 0.15) is 108 Å². The monoisotopic (exact) mass is 755 g/mol. The van der Waals surface area contributed by atoms with E-state index >= 15 is 0 Å². The molecule has 2 aromatic heterocycles. The van der Waals surface area contributed by atoms with Crippen LogP contribution in [0.2, 0.25) is 0 Å². The molecule has 10 nitrogen and oxygen atoms in total. The van der Waals surface area contributed by atoms with Crippen molar-refractivity contribution in [1.29, 1.82) is 0 Å². The predicted octanol–water partition coefficient (Wildman–Crippen LogP) is 9.75. The molecule has 1 aliphatic heterocycles. The Balaban J connectivity index is 0.983. The topological polar surface area (TPSA) is 130 Å². The highest BCUT2D eigenvalue weighted by molar-refractivity contribution is 5.91. The normalized spacial score (nSPS) is 19.9. The summed E-state index contributed by atoms with van der Waals surface area (Å²) in [6, 6.07) is 19.7. The van der Waals surface area contributed by atoms with Gasteiger partial charge in [0.05, 0.1) is 37.2 Å². The smallest absolute Gasteiger partial charge is 0.410 e. The molecule has 1 unspecified atom stereocenters. The number of esters is 1. The van der Waals surface area contributed by atoms with Gasteiger partial charge < -0.3 is 19.4 Å². The molecule has 1 amide bonds. The first kappa shape index (κ1) is 37.7. The Labute approximate surface area is 328 Å². The fourth-order valence-corrected chi connectivity index (χ4v) is 9.15. The molecule has 0 bridgehead atoms. The van der Waals surface area contributed by atoms with E-state index in [0.29, 0.717) is 6.54 Å². The third-order valence-electron chi connectivity index (χ3n) is 12.1. The fourth-order valence-electron chi connectivity index (χ4n) is 9.15. The Morgan fingerprint density at radius 1 is 0.875 bits per heavy atom. The minimum absolute atomic E-state index is 0.0123. The molecule has 8 rings (SSSR count). The molecular weight excluding hydrogens is 703 g/mol. The largest absolute Gasteiger partial charge is 0.469 e. The number of Topliss-reactive ketones (excluding diaryl/α,β-unsaturated/α-hetero) is 1. The lowest BCUT2D eigenvalue weighted by atomic mass is 9.78. The summed E-state index contributed by atoms with van der Waals surface area (Å²) in [6.07, 6.45) is 7.99. The number of nitrogens with zero attached hydrogens (tertiary/aromatic N) is 3. The Morgan fingerprint density at radius 3 is 2.36 bits per heavy atom. The second kappa shape index (κ2) is 15.0. The molecule has 2 aliphatic carbocycles. The van der Waals surface area contributed by atoms with Gasteiger partial charge in [0.1, 0.15) is 23.0 Å². The summed E-state index contributed by atoms with van der Waals surface area (Å²) in [4.78, 5) is 57.7. The fraction of sp³-hybridized carbons (Fsp3) is 0.457. The van der Waals surface area contributed by atoms with Crippen LogP contribution < -0.4 is 0 Å². The Hall–Kier alpha value is -5.25. The summed E-state index contributed by atoms with van der Waals surface area (Å²) in [5, 5.41) is 2.29. The molecule has 10 heteroatoms. The zero-order valence-electron chi connectivity index (χ0n) is 33.4. The molecule has 3 aromatic carbocycles. The van der Waals surface area contributed by atoms with Crippen molar-refractivity contribution in [3.8, 4) is 33.6 Å². The van der Waals surface area contributed by atoms with Crippen molar-refractivity contribution in [2.75, 3.05) is 13.7 Å². The highest BCUT2D eigenvalue weighted by Crippen LogP contribution is 2.43. The van der Waals surface area contributed by atoms with E-state index in [1.165, 1.54) is 18.2 Å². The van der Waals surface area contributed by atoms with Gasteiger partial charge in [-0.3, -0.25) is 14.5 Å². The molecule has 3 heterocycles. The number of aryl methyl sites for hydroxylation is 2. The average Bonchev–Trinajstić information content (AvgIpc) is 4.01. The van der Waals surface area contributed by atoms with Gasteiger partial charge in [0.25, 0.3) is 0 Å². The van der Waals surface area contributed by atoms with Gasteiger partial charge in [-0.25, -0.2) is 14.8 Å². The first-order valence-electron chi connectivity index (χ1n) is 20.3. The number of ether oxygens (including phenoxy) is 2. The molecular formula is C46H53N5O5. The standard InChI is InChI=1S/C46H53N5O5/c1-26(2)36(24-40(52)55-6)42(53)34-9-7-10-35(34)43-47-25-38(49-43)32-15-14-28-21-27(12-13-29(28)23-32)30-16-18-33-31(22-30)17-19-37-41(33)50-44(48-37)39-11-8-20-51(39)45(54)56-46(3,4)5/h12-16,18,21-23,25-26,34-36,39H,7-11,17,19-20,24H2,1-6H3,(H,47,49)(H,48,50)/t34?,35-,36+,39+/m1/s1. The summed E-state index contributed by atoms with van der Waals surface area (Å²) < 4.78 is 10.6. The summed E-state index contributed by atoms with van der Waals surface area (Å²) in [5.74, 6) is 1.07. The van der Waals surface area contributed by atoms with Crippen LogP contribution in [0.15, 0.2) is 60.8 Å². The number of hydrogen-bond donors (Lipinski definition) is 2. The molecule has 1 saturated carbocycles. The van der Waals surface area contributed by atoms with Crippen LogP contribution in [0, 0.1) is 17.8 Å². The van der Waals surface area contributed by atoms with Crippen molar-refractivity contribution >= 4 is 28.6 Å². The highest BCUT2D eigenvalue weighted by atomic mass is 16.6. The summed E-state index contributed by atoms with van der Waals surface area (Å²) in [6.45, 7) is 10.4. The SMILES string of the molecule is COC(=O)C[C@H](C(=O)C1CCC[C@H]1c1ncc(-c2ccc3cc(-c4ccc5c(c4)CCc4[nH]c([C@@H]6CCCN6C(=O)OC(C)(C)C)nc4-5)ccc3c2)[nH]1)C(C)C. The Morgan fingerprint density at radius 2 is 1.61 bits per heavy atom. The number of methoxy groups -OCH3 is 1. The predicted molar refractivity (Wildman–Crippen MR) is 217 cm³/mol. The van der Waals surface area contributed by atoms with E-state index in [0.717, 1.165) is 101 Å². The van der Waals surface area contributed by atoms with Gasteiger partial charge in [-0.1, -0.05) is 62.7 Å². The van der Waals surface area contributed by atoms with E-state index in [1.807, 2.05) is 45.7 Å². The zero-order valence-corrected chi connectivity index (χ0v) is 33.4. The second-order valence-corrected chi connectivity index (χ2v) is 17.3. The van der Waals surface area contributed by atoms with E-state index in [9.17, 15) is 14.4 Å². The number of rotatable bonds is 9. The quantitative estimate of drug-likeness (QED) is 0.143. The van der Waals surface area contributed by atoms with Gasteiger partial charge in [0.15, 0.2) is 0 Å². The van der Waals surface area contributed by atoms with Crippen molar-refractivity contribution in [2.24, 2.45) is 17.8 Å². The highest BCUT2D eigenvalue weighted by Gasteiger charge is 2.40. The number of nitrogens with one attached hydrogen (secondary N) is 2. The maximum absolute atomic E-state index is 13.7. The van der Waals surface area contributed by atoms with Gasteiger partial charge >= 0.3 is 12.1 Å². The Kier molecular flexibility index (Phi) is 10.1. The maximum atomic E-state index is 13.7. The van der Waals surface area contributed by atoms with Gasteiger partial charge in [-0.05, 0) is 105 Å². The van der Waals surface area contributed by atoms with Gasteiger partial charge in [0, 0.05) is 41.1 Å². The van der Waals surface area contributed by atoms with Crippen molar-refractivity contribution in [3.63, 3.8) is 0 Å². The van der Waals surface area contributed by atoms with Gasteiger partial charge in [-0.15, -0.1) is 0 Å². The molecule has 3 aliphatic rings. The first-order valence-corrected chi connectivity index (χ1v) is 20.3. The van der Waals surface area contributed by atoms with Crippen molar-refractivity contribution in [3.05, 3.63) is 83.7 Å². The molecule has 56 heavy (non-hydrogen) atoms. The summed E-state index contributed by atoms with van der Waals surface area (Å²) in [7, 11) is 1.38. The van der Waals surface area contributed by atoms with Crippen molar-refractivity contribution in [2.45, 2.75) is 104 Å². The number of imidazole rings is 2. The number of amides is 1. The molecule has 292 valence electrons. The molecule has 0 radical (unpaired) electrons. The van der Waals surface area contributed by atoms with Crippen molar-refractivity contribution < 1.29 is 23.9 Å². The number of carbonyl (C=O) groups is 3. The van der Waals surface area contributed by atoms with Crippen LogP contribution in [0.3, 0.4) is 0 Å². The number of benzene rings is 3. The third-order valence-corrected chi connectivity index (χ3v) is 12.1. The number of hydrogen-bond acceptors (Lipinski definition) is 7. The molecule has 5 aromatic rings. The van der Waals surface area contributed by atoms with Gasteiger partial charge in [0.2, 0.25) is 0 Å². The first-order chi connectivity index (χ1) is 26.9. The van der Waals surface area contributed by atoms with Crippen LogP contribution in [0.5, 0.6) is 0 Å². The summed E-state index contributed by atoms with van der Waals surface area (Å²) in [5.41, 5.74) is 8.32. The third kappa shape index (κ3) is 7.38. The minimum Gasteiger partial charge on any atom is -0.469 e. The second-order valence-electron chi connectivity index (χ2n) is 17.3. The number of carbonyl (C=O) groups excluding carboxylic acids is 3. The molecule has 0 spiro atoms. The molecule has 4 atom stereocenters. The number of aromatic nitrogens is 4. The minimum atomic E-state index is -0.542. The van der Waals surface area contributed by atoms with Crippen LogP contribution in [-0.4, -0.2) is 61.9 Å². The van der Waals surface area contributed by atoms with E-state index in [-0.39, 0.29) is 54.0 Å². The van der Waals surface area contributed by atoms with Crippen molar-refractivity contribution in [1.82, 2.24) is 24.8 Å². The maximum Gasteiger partial charge on any atom is 0.410 e. The average molecular weight is 756 g/mol.